The summed E-state index contributed by atoms with van der Waals surface area (Å²) in [7, 11) is -3.89. The van der Waals surface area contributed by atoms with E-state index in [1.165, 1.54) is 12.3 Å². The number of nitrogens with zero attached hydrogens (tertiary/aromatic N) is 2. The molecule has 0 spiro atoms. The summed E-state index contributed by atoms with van der Waals surface area (Å²) in [6, 6.07) is 3.92. The maximum absolute atomic E-state index is 12.1. The number of carboxylic acids is 1. The molecule has 0 aliphatic heterocycles. The van der Waals surface area contributed by atoms with Gasteiger partial charge in [0.15, 0.2) is 5.03 Å². The second kappa shape index (κ2) is 5.78. The highest BCUT2D eigenvalue weighted by molar-refractivity contribution is 9.10. The van der Waals surface area contributed by atoms with Crippen molar-refractivity contribution in [1.29, 1.82) is 0 Å². The number of anilines is 1. The summed E-state index contributed by atoms with van der Waals surface area (Å²) >= 11 is 3.22. The molecule has 0 aromatic carbocycles. The molecule has 0 bridgehead atoms. The molecule has 0 radical (unpaired) electrons. The average molecular weight is 372 g/mol. The molecular weight excluding hydrogens is 362 g/mol. The summed E-state index contributed by atoms with van der Waals surface area (Å²) in [4.78, 5) is 18.3. The van der Waals surface area contributed by atoms with Gasteiger partial charge in [0.05, 0.1) is 17.4 Å². The van der Waals surface area contributed by atoms with Crippen LogP contribution in [-0.4, -0.2) is 29.5 Å². The molecule has 7 nitrogen and oxygen atoms in total. The van der Waals surface area contributed by atoms with E-state index >= 15 is 0 Å². The molecular formula is C12H10BrN3O4S. The molecule has 110 valence electrons. The van der Waals surface area contributed by atoms with Crippen molar-refractivity contribution in [1.82, 2.24) is 9.97 Å². The molecule has 0 aliphatic carbocycles. The topological polar surface area (TPSA) is 109 Å². The molecule has 2 aromatic rings. The first-order valence-corrected chi connectivity index (χ1v) is 7.91. The Hall–Kier alpha value is -2.00. The van der Waals surface area contributed by atoms with Crippen LogP contribution in [0.1, 0.15) is 15.9 Å². The molecule has 0 unspecified atom stereocenters. The summed E-state index contributed by atoms with van der Waals surface area (Å²) in [5.41, 5.74) is 0.972. The monoisotopic (exact) mass is 371 g/mol. The number of carbonyl (C=O) groups is 1. The molecule has 0 atom stereocenters. The first-order chi connectivity index (χ1) is 9.79. The highest BCUT2D eigenvalue weighted by Gasteiger charge is 2.17. The second-order valence-electron chi connectivity index (χ2n) is 4.13. The summed E-state index contributed by atoms with van der Waals surface area (Å²) in [6.45, 7) is 1.77. The number of aromatic carboxylic acids is 1. The van der Waals surface area contributed by atoms with Crippen LogP contribution in [0.2, 0.25) is 0 Å². The van der Waals surface area contributed by atoms with Gasteiger partial charge in [-0.3, -0.25) is 4.72 Å². The zero-order valence-electron chi connectivity index (χ0n) is 10.7. The van der Waals surface area contributed by atoms with Gasteiger partial charge in [-0.2, -0.15) is 8.42 Å². The second-order valence-corrected chi connectivity index (χ2v) is 6.51. The van der Waals surface area contributed by atoms with Crippen molar-refractivity contribution in [3.63, 3.8) is 0 Å². The van der Waals surface area contributed by atoms with E-state index in [4.69, 9.17) is 5.11 Å². The number of hydrogen-bond acceptors (Lipinski definition) is 5. The number of sulfonamides is 1. The van der Waals surface area contributed by atoms with Gasteiger partial charge >= 0.3 is 5.97 Å². The minimum absolute atomic E-state index is 0.0879. The Labute approximate surface area is 129 Å². The van der Waals surface area contributed by atoms with Crippen LogP contribution in [0.5, 0.6) is 0 Å². The van der Waals surface area contributed by atoms with Crippen LogP contribution in [0.4, 0.5) is 5.69 Å². The Balaban J connectivity index is 2.29. The van der Waals surface area contributed by atoms with Crippen LogP contribution in [-0.2, 0) is 10.0 Å². The van der Waals surface area contributed by atoms with E-state index in [2.05, 4.69) is 30.6 Å². The van der Waals surface area contributed by atoms with Crippen LogP contribution in [0, 0.1) is 6.92 Å². The molecule has 0 saturated carbocycles. The lowest BCUT2D eigenvalue weighted by Gasteiger charge is -2.08. The number of carboxylic acid groups (broad SMARTS) is 1. The fourth-order valence-corrected chi connectivity index (χ4v) is 2.67. The quantitative estimate of drug-likeness (QED) is 0.795. The molecule has 2 heterocycles. The highest BCUT2D eigenvalue weighted by atomic mass is 79.9. The zero-order chi connectivity index (χ0) is 15.6. The molecule has 2 aromatic heterocycles. The van der Waals surface area contributed by atoms with Crippen LogP contribution in [0.25, 0.3) is 0 Å². The summed E-state index contributed by atoms with van der Waals surface area (Å²) < 4.78 is 27.2. The summed E-state index contributed by atoms with van der Waals surface area (Å²) in [6.07, 6.45) is 2.35. The van der Waals surface area contributed by atoms with Gasteiger partial charge in [-0.15, -0.1) is 0 Å². The normalized spacial score (nSPS) is 11.1. The minimum Gasteiger partial charge on any atom is -0.478 e. The van der Waals surface area contributed by atoms with Crippen molar-refractivity contribution < 1.29 is 18.3 Å². The summed E-state index contributed by atoms with van der Waals surface area (Å²) in [5, 5.41) is 8.48. The van der Waals surface area contributed by atoms with Crippen LogP contribution in [0.3, 0.4) is 0 Å². The van der Waals surface area contributed by atoms with Crippen molar-refractivity contribution in [3.05, 3.63) is 46.3 Å². The standard InChI is InChI=1S/C12H10BrN3O4S/c1-7-4-9(6-15-11(7)13)16-21(19,20)10-3-2-8(5-14-10)12(17)18/h2-6,16H,1H3,(H,17,18). The molecule has 9 heteroatoms. The number of pyridine rings is 2. The van der Waals surface area contributed by atoms with E-state index in [0.29, 0.717) is 10.3 Å². The first-order valence-electron chi connectivity index (χ1n) is 5.64. The number of nitrogens with one attached hydrogen (secondary N) is 1. The van der Waals surface area contributed by atoms with Crippen molar-refractivity contribution >= 4 is 37.6 Å². The average Bonchev–Trinajstić information content (AvgIpc) is 2.43. The number of aromatic nitrogens is 2. The predicted octanol–water partition coefficient (Wildman–Crippen LogP) is 2.05. The Bertz CT molecular complexity index is 791. The number of hydrogen-bond donors (Lipinski definition) is 2. The van der Waals surface area contributed by atoms with Gasteiger partial charge in [0.2, 0.25) is 0 Å². The Morgan fingerprint density at radius 3 is 2.52 bits per heavy atom. The van der Waals surface area contributed by atoms with Gasteiger partial charge in [0.25, 0.3) is 10.0 Å². The van der Waals surface area contributed by atoms with Gasteiger partial charge < -0.3 is 5.11 Å². The number of halogens is 1. The maximum Gasteiger partial charge on any atom is 0.337 e. The molecule has 2 rings (SSSR count). The first kappa shape index (κ1) is 15.4. The van der Waals surface area contributed by atoms with Gasteiger partial charge in [-0.25, -0.2) is 14.8 Å². The molecule has 0 amide bonds. The van der Waals surface area contributed by atoms with E-state index in [1.807, 2.05) is 0 Å². The fourth-order valence-electron chi connectivity index (χ4n) is 1.49. The van der Waals surface area contributed by atoms with Crippen molar-refractivity contribution in [2.75, 3.05) is 4.72 Å². The Kier molecular flexibility index (Phi) is 4.24. The number of rotatable bonds is 4. The maximum atomic E-state index is 12.1. The number of aryl methyl sites for hydroxylation is 1. The SMILES string of the molecule is Cc1cc(NS(=O)(=O)c2ccc(C(=O)O)cn2)cnc1Br. The lowest BCUT2D eigenvalue weighted by atomic mass is 10.3. The lowest BCUT2D eigenvalue weighted by molar-refractivity contribution is 0.0696. The summed E-state index contributed by atoms with van der Waals surface area (Å²) in [5.74, 6) is -1.17. The highest BCUT2D eigenvalue weighted by Crippen LogP contribution is 2.19. The third kappa shape index (κ3) is 3.56. The lowest BCUT2D eigenvalue weighted by Crippen LogP contribution is -2.15. The van der Waals surface area contributed by atoms with Crippen molar-refractivity contribution in [2.24, 2.45) is 0 Å². The largest absolute Gasteiger partial charge is 0.478 e. The van der Waals surface area contributed by atoms with Gasteiger partial charge in [-0.05, 0) is 46.6 Å². The smallest absolute Gasteiger partial charge is 0.337 e. The van der Waals surface area contributed by atoms with E-state index in [1.54, 1.807) is 13.0 Å². The van der Waals surface area contributed by atoms with E-state index in [-0.39, 0.29) is 10.6 Å². The third-order valence-corrected chi connectivity index (χ3v) is 4.65. The van der Waals surface area contributed by atoms with Crippen LogP contribution >= 0.6 is 15.9 Å². The predicted molar refractivity (Wildman–Crippen MR) is 78.7 cm³/mol. The van der Waals surface area contributed by atoms with Gasteiger partial charge in [0, 0.05) is 6.20 Å². The van der Waals surface area contributed by atoms with Crippen molar-refractivity contribution in [2.45, 2.75) is 11.9 Å². The van der Waals surface area contributed by atoms with Crippen LogP contribution < -0.4 is 4.72 Å². The van der Waals surface area contributed by atoms with Gasteiger partial charge in [-0.1, -0.05) is 0 Å². The van der Waals surface area contributed by atoms with E-state index in [0.717, 1.165) is 17.8 Å². The molecule has 0 saturated heterocycles. The van der Waals surface area contributed by atoms with E-state index < -0.39 is 16.0 Å². The molecule has 21 heavy (non-hydrogen) atoms. The Morgan fingerprint density at radius 2 is 2.00 bits per heavy atom. The zero-order valence-corrected chi connectivity index (χ0v) is 13.1. The molecule has 0 aliphatic rings. The Morgan fingerprint density at radius 1 is 1.29 bits per heavy atom. The molecule has 2 N–H and O–H groups in total. The fraction of sp³-hybridized carbons (Fsp3) is 0.0833. The third-order valence-electron chi connectivity index (χ3n) is 2.53. The van der Waals surface area contributed by atoms with Crippen LogP contribution in [0.15, 0.2) is 40.2 Å². The minimum atomic E-state index is -3.89. The molecule has 0 fully saturated rings. The van der Waals surface area contributed by atoms with Crippen molar-refractivity contribution in [3.8, 4) is 0 Å². The van der Waals surface area contributed by atoms with E-state index in [9.17, 15) is 13.2 Å². The van der Waals surface area contributed by atoms with Gasteiger partial charge in [0.1, 0.15) is 4.60 Å².